The molecule has 0 saturated carbocycles. The average molecular weight is 790 g/mol. The molecule has 22 heteroatoms. The predicted octanol–water partition coefficient (Wildman–Crippen LogP) is -4.47. The molecule has 258 valence electrons. The molecular formula is C31H22N5Na3O12S2. The molecule has 17 nitrogen and oxygen atoms in total. The molecule has 5 aromatic rings. The summed E-state index contributed by atoms with van der Waals surface area (Å²) in [6.07, 6.45) is 0. The average Bonchev–Trinajstić information content (AvgIpc) is 3.06. The summed E-state index contributed by atoms with van der Waals surface area (Å²) in [5.41, 5.74) is 5.85. The van der Waals surface area contributed by atoms with E-state index < -0.39 is 64.4 Å². The Labute approximate surface area is 368 Å². The van der Waals surface area contributed by atoms with Gasteiger partial charge in [0.15, 0.2) is 5.75 Å². The molecule has 0 bridgehead atoms. The van der Waals surface area contributed by atoms with Gasteiger partial charge in [-0.1, -0.05) is 12.1 Å². The van der Waals surface area contributed by atoms with Gasteiger partial charge >= 0.3 is 88.7 Å². The van der Waals surface area contributed by atoms with Crippen molar-refractivity contribution in [3.63, 3.8) is 0 Å². The number of azo groups is 2. The minimum Gasteiger partial charge on any atom is -0.744 e. The van der Waals surface area contributed by atoms with Crippen LogP contribution in [0.15, 0.2) is 103 Å². The fraction of sp³-hybridized carbons (Fsp3) is 0.0645. The smallest absolute Gasteiger partial charge is 0.744 e. The van der Waals surface area contributed by atoms with Gasteiger partial charge in [0, 0.05) is 16.6 Å². The van der Waals surface area contributed by atoms with Crippen molar-refractivity contribution < 1.29 is 144 Å². The minimum atomic E-state index is -5.33. The largest absolute Gasteiger partial charge is 1.00 e. The van der Waals surface area contributed by atoms with E-state index in [2.05, 4.69) is 20.5 Å². The van der Waals surface area contributed by atoms with Crippen LogP contribution in [-0.2, 0) is 20.2 Å². The number of hydrogen-bond donors (Lipinski definition) is 3. The third-order valence-corrected chi connectivity index (χ3v) is 8.80. The minimum absolute atomic E-state index is 0. The molecule has 0 aliphatic heterocycles. The van der Waals surface area contributed by atoms with Gasteiger partial charge in [0.25, 0.3) is 0 Å². The standard InChI is InChI=1S/C31H25N5O12S2.3Na/c1-47-25-10-15(3-6-22(25)34-33-18-5-8-24(37)20(13-18)31(39)40)16-4-7-23(26(11-16)48-2)35-36-29-27(50(44,45)46)12-17-9-19(49(41,42)43)14-21(32)28(17)30(29)38;;;/h3-14,37-38H,32H2,1-2H3,(H,39,40)(H,41,42,43)(H,44,45,46);;;/q;3*+1/p-3. The zero-order valence-corrected chi connectivity index (χ0v) is 36.2. The Hall–Kier alpha value is -3.15. The number of carboxylic acids is 1. The molecule has 0 saturated heterocycles. The third kappa shape index (κ3) is 10.3. The van der Waals surface area contributed by atoms with E-state index >= 15 is 0 Å². The SMILES string of the molecule is COc1cc(-c2ccc(N=Nc3c(S(=O)(=O)[O-])cc4cc(S(=O)(=O)[O-])cc(N)c4c3O)c(OC)c2)ccc1N=Nc1ccc(O)c(C(=O)[O-])c1.[Na+].[Na+].[Na+]. The first-order valence-electron chi connectivity index (χ1n) is 13.8. The number of nitrogens with zero attached hydrogens (tertiary/aromatic N) is 4. The van der Waals surface area contributed by atoms with Crippen molar-refractivity contribution in [3.05, 3.63) is 78.4 Å². The van der Waals surface area contributed by atoms with Crippen LogP contribution in [0.4, 0.5) is 28.4 Å². The maximum atomic E-state index is 12.1. The first-order valence-corrected chi connectivity index (χ1v) is 16.6. The summed E-state index contributed by atoms with van der Waals surface area (Å²) in [7, 11) is -7.64. The Morgan fingerprint density at radius 1 is 0.717 bits per heavy atom. The third-order valence-electron chi connectivity index (χ3n) is 7.14. The number of carbonyl (C=O) groups is 1. The molecule has 0 aliphatic rings. The number of carbonyl (C=O) groups excluding carboxylic acids is 1. The van der Waals surface area contributed by atoms with Gasteiger partial charge in [0.1, 0.15) is 54.5 Å². The monoisotopic (exact) mass is 789 g/mol. The second kappa shape index (κ2) is 18.5. The maximum absolute atomic E-state index is 12.1. The van der Waals surface area contributed by atoms with Crippen molar-refractivity contribution in [2.45, 2.75) is 9.79 Å². The van der Waals surface area contributed by atoms with Crippen molar-refractivity contribution in [1.82, 2.24) is 0 Å². The number of anilines is 1. The van der Waals surface area contributed by atoms with Crippen LogP contribution in [0.2, 0.25) is 0 Å². The van der Waals surface area contributed by atoms with Crippen LogP contribution < -0.4 is 109 Å². The zero-order chi connectivity index (χ0) is 36.5. The van der Waals surface area contributed by atoms with Crippen LogP contribution in [-0.4, -0.2) is 56.3 Å². The van der Waals surface area contributed by atoms with Gasteiger partial charge in [-0.15, -0.1) is 15.3 Å². The first-order chi connectivity index (χ1) is 23.5. The van der Waals surface area contributed by atoms with E-state index in [-0.39, 0.29) is 128 Å². The van der Waals surface area contributed by atoms with E-state index in [0.29, 0.717) is 11.1 Å². The summed E-state index contributed by atoms with van der Waals surface area (Å²) in [6.45, 7) is 0. The Bertz CT molecular complexity index is 2500. The number of carboxylic acid groups (broad SMARTS) is 1. The number of rotatable bonds is 10. The number of benzene rings is 5. The molecule has 5 aromatic carbocycles. The number of phenolic OH excluding ortho intramolecular Hbond substituents is 1. The van der Waals surface area contributed by atoms with E-state index in [9.17, 15) is 46.1 Å². The van der Waals surface area contributed by atoms with Gasteiger partial charge in [-0.05, 0) is 77.2 Å². The molecule has 0 radical (unpaired) electrons. The van der Waals surface area contributed by atoms with Crippen LogP contribution >= 0.6 is 0 Å². The second-order valence-corrected chi connectivity index (χ2v) is 13.0. The van der Waals surface area contributed by atoms with Crippen LogP contribution in [0.25, 0.3) is 21.9 Å². The molecular weight excluding hydrogens is 767 g/mol. The Morgan fingerprint density at radius 3 is 1.75 bits per heavy atom. The molecule has 0 amide bonds. The summed E-state index contributed by atoms with van der Waals surface area (Å²) in [5, 5.41) is 47.1. The van der Waals surface area contributed by atoms with Gasteiger partial charge in [0.05, 0.1) is 35.7 Å². The molecule has 4 N–H and O–H groups in total. The maximum Gasteiger partial charge on any atom is 1.00 e. The second-order valence-electron chi connectivity index (χ2n) is 10.3. The summed E-state index contributed by atoms with van der Waals surface area (Å²) in [4.78, 5) is 9.32. The summed E-state index contributed by atoms with van der Waals surface area (Å²) >= 11 is 0. The van der Waals surface area contributed by atoms with Gasteiger partial charge < -0.3 is 44.4 Å². The number of aromatic hydroxyl groups is 2. The van der Waals surface area contributed by atoms with E-state index in [4.69, 9.17) is 15.2 Å². The Balaban J connectivity index is 0.00000324. The number of phenols is 2. The fourth-order valence-electron chi connectivity index (χ4n) is 4.77. The zero-order valence-electron chi connectivity index (χ0n) is 28.6. The van der Waals surface area contributed by atoms with Gasteiger partial charge in [-0.25, -0.2) is 16.8 Å². The quantitative estimate of drug-likeness (QED) is 0.0522. The van der Waals surface area contributed by atoms with E-state index in [1.165, 1.54) is 26.4 Å². The normalized spacial score (nSPS) is 11.5. The Kier molecular flexibility index (Phi) is 16.0. The predicted molar refractivity (Wildman–Crippen MR) is 172 cm³/mol. The number of aromatic carboxylic acids is 1. The van der Waals surface area contributed by atoms with Crippen molar-refractivity contribution in [2.24, 2.45) is 20.5 Å². The number of nitrogens with two attached hydrogens (primary N) is 1. The topological polar surface area (TPSA) is 289 Å². The number of methoxy groups -OCH3 is 2. The molecule has 0 atom stereocenters. The van der Waals surface area contributed by atoms with Gasteiger partial charge in [-0.2, -0.15) is 5.11 Å². The van der Waals surface area contributed by atoms with Crippen LogP contribution in [0.3, 0.4) is 0 Å². The van der Waals surface area contributed by atoms with E-state index in [0.717, 1.165) is 30.3 Å². The number of fused-ring (bicyclic) bond motifs is 1. The number of hydrogen-bond acceptors (Lipinski definition) is 17. The molecule has 5 rings (SSSR count). The van der Waals surface area contributed by atoms with Gasteiger partial charge in [-0.3, -0.25) is 0 Å². The molecule has 0 heterocycles. The Morgan fingerprint density at radius 2 is 1.26 bits per heavy atom. The fourth-order valence-corrected chi connectivity index (χ4v) is 5.96. The number of ether oxygens (including phenoxy) is 2. The van der Waals surface area contributed by atoms with Crippen molar-refractivity contribution >= 4 is 65.4 Å². The van der Waals surface area contributed by atoms with Crippen molar-refractivity contribution in [3.8, 4) is 34.1 Å². The van der Waals surface area contributed by atoms with Crippen molar-refractivity contribution in [1.29, 1.82) is 0 Å². The molecule has 0 fully saturated rings. The van der Waals surface area contributed by atoms with Crippen LogP contribution in [0.1, 0.15) is 10.4 Å². The molecule has 0 unspecified atom stereocenters. The first kappa shape index (κ1) is 46.0. The molecule has 0 spiro atoms. The summed E-state index contributed by atoms with van der Waals surface area (Å²) in [6, 6.07) is 15.3. The number of nitrogen functional groups attached to an aromatic ring is 1. The molecule has 53 heavy (non-hydrogen) atoms. The van der Waals surface area contributed by atoms with Crippen LogP contribution in [0, 0.1) is 0 Å². The summed E-state index contributed by atoms with van der Waals surface area (Å²) in [5.74, 6) is -2.56. The molecule has 0 aromatic heterocycles. The van der Waals surface area contributed by atoms with E-state index in [1.54, 1.807) is 30.3 Å². The van der Waals surface area contributed by atoms with Crippen LogP contribution in [0.5, 0.6) is 23.0 Å². The summed E-state index contributed by atoms with van der Waals surface area (Å²) < 4.78 is 81.8. The van der Waals surface area contributed by atoms with Gasteiger partial charge in [0.2, 0.25) is 0 Å². The van der Waals surface area contributed by atoms with E-state index in [1.807, 2.05) is 0 Å². The van der Waals surface area contributed by atoms with Crippen molar-refractivity contribution in [2.75, 3.05) is 20.0 Å². The molecule has 0 aliphatic carbocycles.